The van der Waals surface area contributed by atoms with Crippen molar-refractivity contribution < 1.29 is 0 Å². The van der Waals surface area contributed by atoms with Crippen molar-refractivity contribution in [3.05, 3.63) is 17.5 Å². The smallest absolute Gasteiger partial charge is 0.0629 e. The SMILES string of the molecule is CCc1cc(C(CCCC(C)C)NN)n(CC)n1. The molecule has 0 saturated heterocycles. The Morgan fingerprint density at radius 2 is 2.06 bits per heavy atom. The third kappa shape index (κ3) is 4.10. The number of hydrogen-bond donors (Lipinski definition) is 2. The lowest BCUT2D eigenvalue weighted by molar-refractivity contribution is 0.428. The molecule has 104 valence electrons. The molecule has 1 unspecified atom stereocenters. The molecule has 0 aromatic carbocycles. The van der Waals surface area contributed by atoms with Gasteiger partial charge in [-0.25, -0.2) is 0 Å². The van der Waals surface area contributed by atoms with Gasteiger partial charge in [0.2, 0.25) is 0 Å². The summed E-state index contributed by atoms with van der Waals surface area (Å²) < 4.78 is 2.07. The van der Waals surface area contributed by atoms with E-state index in [2.05, 4.69) is 49.0 Å². The Balaban J connectivity index is 2.71. The van der Waals surface area contributed by atoms with Gasteiger partial charge in [-0.3, -0.25) is 16.0 Å². The van der Waals surface area contributed by atoms with Crippen LogP contribution >= 0.6 is 0 Å². The first-order valence-corrected chi connectivity index (χ1v) is 7.15. The fourth-order valence-corrected chi connectivity index (χ4v) is 2.24. The van der Waals surface area contributed by atoms with Gasteiger partial charge in [0.15, 0.2) is 0 Å². The molecule has 0 fully saturated rings. The summed E-state index contributed by atoms with van der Waals surface area (Å²) in [6, 6.07) is 2.40. The molecule has 1 atom stereocenters. The predicted octanol–water partition coefficient (Wildman–Crippen LogP) is 2.80. The van der Waals surface area contributed by atoms with Gasteiger partial charge >= 0.3 is 0 Å². The molecule has 1 aromatic heterocycles. The second-order valence-electron chi connectivity index (χ2n) is 5.27. The van der Waals surface area contributed by atoms with Gasteiger partial charge in [0.1, 0.15) is 0 Å². The van der Waals surface area contributed by atoms with Gasteiger partial charge in [0.25, 0.3) is 0 Å². The minimum Gasteiger partial charge on any atom is -0.271 e. The highest BCUT2D eigenvalue weighted by Crippen LogP contribution is 2.21. The standard InChI is InChI=1S/C14H28N4/c1-5-12-10-14(18(6-2)17-12)13(16-15)9-7-8-11(3)4/h10-11,13,16H,5-9,15H2,1-4H3. The number of hydrazine groups is 1. The van der Waals surface area contributed by atoms with E-state index in [1.807, 2.05) is 0 Å². The van der Waals surface area contributed by atoms with Gasteiger partial charge in [0, 0.05) is 6.54 Å². The minimum absolute atomic E-state index is 0.219. The summed E-state index contributed by atoms with van der Waals surface area (Å²) in [6.45, 7) is 9.68. The highest BCUT2D eigenvalue weighted by Gasteiger charge is 2.16. The Bertz CT molecular complexity index is 344. The Labute approximate surface area is 111 Å². The van der Waals surface area contributed by atoms with Gasteiger partial charge in [0.05, 0.1) is 17.4 Å². The van der Waals surface area contributed by atoms with Crippen molar-refractivity contribution in [3.63, 3.8) is 0 Å². The van der Waals surface area contributed by atoms with E-state index in [4.69, 9.17) is 5.84 Å². The molecule has 1 heterocycles. The van der Waals surface area contributed by atoms with Crippen LogP contribution in [0.15, 0.2) is 6.07 Å². The lowest BCUT2D eigenvalue weighted by atomic mass is 10.0. The van der Waals surface area contributed by atoms with Crippen molar-refractivity contribution in [1.82, 2.24) is 15.2 Å². The minimum atomic E-state index is 0.219. The van der Waals surface area contributed by atoms with E-state index >= 15 is 0 Å². The van der Waals surface area contributed by atoms with Crippen LogP contribution in [0, 0.1) is 5.92 Å². The molecule has 4 heteroatoms. The maximum absolute atomic E-state index is 5.70. The number of nitrogens with zero attached hydrogens (tertiary/aromatic N) is 2. The molecule has 0 amide bonds. The molecule has 0 saturated carbocycles. The number of nitrogens with two attached hydrogens (primary N) is 1. The van der Waals surface area contributed by atoms with E-state index in [1.54, 1.807) is 0 Å². The molecular formula is C14H28N4. The highest BCUT2D eigenvalue weighted by molar-refractivity contribution is 5.14. The predicted molar refractivity (Wildman–Crippen MR) is 76.0 cm³/mol. The monoisotopic (exact) mass is 252 g/mol. The normalized spacial score (nSPS) is 13.2. The average Bonchev–Trinajstić information content (AvgIpc) is 2.77. The van der Waals surface area contributed by atoms with Gasteiger partial charge in [-0.15, -0.1) is 0 Å². The quantitative estimate of drug-likeness (QED) is 0.552. The molecule has 0 radical (unpaired) electrons. The van der Waals surface area contributed by atoms with Crippen molar-refractivity contribution in [2.45, 2.75) is 66.0 Å². The summed E-state index contributed by atoms with van der Waals surface area (Å²) in [5, 5.41) is 4.58. The van der Waals surface area contributed by atoms with Crippen molar-refractivity contribution in [2.75, 3.05) is 0 Å². The van der Waals surface area contributed by atoms with Crippen molar-refractivity contribution >= 4 is 0 Å². The maximum atomic E-state index is 5.70. The van der Waals surface area contributed by atoms with Crippen LogP contribution in [0.2, 0.25) is 0 Å². The Morgan fingerprint density at radius 1 is 1.33 bits per heavy atom. The molecule has 4 nitrogen and oxygen atoms in total. The molecule has 18 heavy (non-hydrogen) atoms. The van der Waals surface area contributed by atoms with Crippen LogP contribution in [-0.4, -0.2) is 9.78 Å². The summed E-state index contributed by atoms with van der Waals surface area (Å²) in [7, 11) is 0. The number of nitrogens with one attached hydrogen (secondary N) is 1. The zero-order valence-electron chi connectivity index (χ0n) is 12.2. The Morgan fingerprint density at radius 3 is 2.56 bits per heavy atom. The molecule has 0 bridgehead atoms. The molecule has 0 spiro atoms. The molecular weight excluding hydrogens is 224 g/mol. The number of hydrogen-bond acceptors (Lipinski definition) is 3. The number of rotatable bonds is 8. The van der Waals surface area contributed by atoms with Gasteiger partial charge in [-0.05, 0) is 31.7 Å². The van der Waals surface area contributed by atoms with Crippen LogP contribution in [0.5, 0.6) is 0 Å². The van der Waals surface area contributed by atoms with Crippen LogP contribution in [-0.2, 0) is 13.0 Å². The zero-order chi connectivity index (χ0) is 13.5. The average molecular weight is 252 g/mol. The Hall–Kier alpha value is -0.870. The largest absolute Gasteiger partial charge is 0.271 e. The highest BCUT2D eigenvalue weighted by atomic mass is 15.3. The van der Waals surface area contributed by atoms with Crippen LogP contribution in [0.4, 0.5) is 0 Å². The third-order valence-corrected chi connectivity index (χ3v) is 3.36. The maximum Gasteiger partial charge on any atom is 0.0629 e. The summed E-state index contributed by atoms with van der Waals surface area (Å²) in [6.07, 6.45) is 4.49. The van der Waals surface area contributed by atoms with Crippen LogP contribution < -0.4 is 11.3 Å². The second-order valence-corrected chi connectivity index (χ2v) is 5.27. The number of aryl methyl sites for hydroxylation is 2. The van der Waals surface area contributed by atoms with E-state index < -0.39 is 0 Å². The summed E-state index contributed by atoms with van der Waals surface area (Å²) in [4.78, 5) is 0. The van der Waals surface area contributed by atoms with Gasteiger partial charge in [-0.2, -0.15) is 5.10 Å². The van der Waals surface area contributed by atoms with Crippen LogP contribution in [0.1, 0.15) is 64.4 Å². The van der Waals surface area contributed by atoms with E-state index in [0.717, 1.165) is 31.0 Å². The Kier molecular flexibility index (Phi) is 6.36. The molecule has 3 N–H and O–H groups in total. The van der Waals surface area contributed by atoms with Crippen molar-refractivity contribution in [3.8, 4) is 0 Å². The first kappa shape index (κ1) is 15.2. The summed E-state index contributed by atoms with van der Waals surface area (Å²) in [5.41, 5.74) is 5.32. The molecule has 1 rings (SSSR count). The van der Waals surface area contributed by atoms with Crippen LogP contribution in [0.3, 0.4) is 0 Å². The molecule has 0 aliphatic carbocycles. The van der Waals surface area contributed by atoms with Crippen molar-refractivity contribution in [1.29, 1.82) is 0 Å². The topological polar surface area (TPSA) is 55.9 Å². The lowest BCUT2D eigenvalue weighted by Crippen LogP contribution is -2.30. The number of aromatic nitrogens is 2. The van der Waals surface area contributed by atoms with Crippen molar-refractivity contribution in [2.24, 2.45) is 11.8 Å². The molecule has 1 aromatic rings. The molecule has 0 aliphatic heterocycles. The second kappa shape index (κ2) is 7.54. The first-order chi connectivity index (χ1) is 8.62. The van der Waals surface area contributed by atoms with E-state index in [0.29, 0.717) is 0 Å². The lowest BCUT2D eigenvalue weighted by Gasteiger charge is -2.17. The van der Waals surface area contributed by atoms with Gasteiger partial charge in [-0.1, -0.05) is 33.6 Å². The first-order valence-electron chi connectivity index (χ1n) is 7.15. The van der Waals surface area contributed by atoms with Gasteiger partial charge < -0.3 is 0 Å². The fraction of sp³-hybridized carbons (Fsp3) is 0.786. The zero-order valence-corrected chi connectivity index (χ0v) is 12.2. The molecule has 0 aliphatic rings. The fourth-order valence-electron chi connectivity index (χ4n) is 2.24. The summed E-state index contributed by atoms with van der Waals surface area (Å²) >= 11 is 0. The van der Waals surface area contributed by atoms with Crippen LogP contribution in [0.25, 0.3) is 0 Å². The summed E-state index contributed by atoms with van der Waals surface area (Å²) in [5.74, 6) is 6.46. The van der Waals surface area contributed by atoms with E-state index in [9.17, 15) is 0 Å². The van der Waals surface area contributed by atoms with E-state index in [1.165, 1.54) is 18.5 Å². The van der Waals surface area contributed by atoms with E-state index in [-0.39, 0.29) is 6.04 Å². The third-order valence-electron chi connectivity index (χ3n) is 3.36.